The Bertz CT molecular complexity index is 676. The Morgan fingerprint density at radius 1 is 1.32 bits per heavy atom. The van der Waals surface area contributed by atoms with Crippen LogP contribution < -0.4 is 10.5 Å². The van der Waals surface area contributed by atoms with Crippen molar-refractivity contribution in [2.45, 2.75) is 11.4 Å². The molecule has 8 heteroatoms. The third kappa shape index (κ3) is 3.49. The highest BCUT2D eigenvalue weighted by molar-refractivity contribution is 9.10. The molecule has 0 radical (unpaired) electrons. The number of hydrogen-bond acceptors (Lipinski definition) is 5. The molecule has 1 aromatic carbocycles. The number of sulfonamides is 1. The van der Waals surface area contributed by atoms with Gasteiger partial charge >= 0.3 is 0 Å². The van der Waals surface area contributed by atoms with Gasteiger partial charge in [0.25, 0.3) is 0 Å². The van der Waals surface area contributed by atoms with E-state index in [9.17, 15) is 8.42 Å². The number of hydrogen-bond donors (Lipinski definition) is 2. The van der Waals surface area contributed by atoms with E-state index in [1.165, 1.54) is 18.3 Å². The lowest BCUT2D eigenvalue weighted by atomic mass is 10.3. The molecule has 0 aliphatic carbocycles. The van der Waals surface area contributed by atoms with Gasteiger partial charge in [0, 0.05) is 16.4 Å². The largest absolute Gasteiger partial charge is 0.398 e. The summed E-state index contributed by atoms with van der Waals surface area (Å²) < 4.78 is 27.2. The molecule has 0 saturated carbocycles. The molecular weight excluding hydrogens is 332 g/mol. The van der Waals surface area contributed by atoms with E-state index in [0.29, 0.717) is 15.9 Å². The minimum atomic E-state index is -3.62. The molecule has 3 N–H and O–H groups in total. The van der Waals surface area contributed by atoms with Gasteiger partial charge in [0.05, 0.1) is 17.1 Å². The van der Waals surface area contributed by atoms with Crippen LogP contribution in [0.25, 0.3) is 0 Å². The summed E-state index contributed by atoms with van der Waals surface area (Å²) in [7, 11) is -3.62. The van der Waals surface area contributed by atoms with Gasteiger partial charge in [-0.2, -0.15) is 10.2 Å². The fourth-order valence-electron chi connectivity index (χ4n) is 1.37. The first-order chi connectivity index (χ1) is 8.99. The summed E-state index contributed by atoms with van der Waals surface area (Å²) in [6, 6.07) is 7.83. The van der Waals surface area contributed by atoms with Gasteiger partial charge in [-0.15, -0.1) is 0 Å². The fraction of sp³-hybridized carbons (Fsp3) is 0.0909. The van der Waals surface area contributed by atoms with Gasteiger partial charge in [0.1, 0.15) is 0 Å². The molecule has 2 aromatic rings. The average Bonchev–Trinajstić information content (AvgIpc) is 2.41. The molecule has 100 valence electrons. The van der Waals surface area contributed by atoms with Gasteiger partial charge < -0.3 is 5.73 Å². The molecule has 1 heterocycles. The average molecular weight is 343 g/mol. The van der Waals surface area contributed by atoms with E-state index in [-0.39, 0.29) is 11.4 Å². The molecular formula is C11H11BrN4O2S. The predicted molar refractivity (Wildman–Crippen MR) is 74.6 cm³/mol. The quantitative estimate of drug-likeness (QED) is 0.816. The Kier molecular flexibility index (Phi) is 4.13. The number of nitrogens with two attached hydrogens (primary N) is 1. The summed E-state index contributed by atoms with van der Waals surface area (Å²) in [5.41, 5.74) is 6.56. The Hall–Kier alpha value is -1.51. The number of nitrogens with zero attached hydrogens (tertiary/aromatic N) is 2. The monoisotopic (exact) mass is 342 g/mol. The van der Waals surface area contributed by atoms with E-state index in [1.807, 2.05) is 0 Å². The van der Waals surface area contributed by atoms with Crippen LogP contribution in [0.15, 0.2) is 45.9 Å². The van der Waals surface area contributed by atoms with Gasteiger partial charge in [-0.25, -0.2) is 13.1 Å². The van der Waals surface area contributed by atoms with Crippen molar-refractivity contribution in [3.63, 3.8) is 0 Å². The van der Waals surface area contributed by atoms with Crippen molar-refractivity contribution in [1.82, 2.24) is 14.9 Å². The maximum Gasteiger partial charge on any atom is 0.240 e. The second kappa shape index (κ2) is 5.64. The van der Waals surface area contributed by atoms with Crippen LogP contribution in [0.4, 0.5) is 5.69 Å². The van der Waals surface area contributed by atoms with E-state index < -0.39 is 10.0 Å². The van der Waals surface area contributed by atoms with E-state index in [0.717, 1.165) is 0 Å². The molecule has 0 spiro atoms. The van der Waals surface area contributed by atoms with Gasteiger partial charge in [-0.1, -0.05) is 0 Å². The molecule has 0 amide bonds. The molecule has 1 aromatic heterocycles. The third-order valence-electron chi connectivity index (χ3n) is 2.35. The highest BCUT2D eigenvalue weighted by atomic mass is 79.9. The number of aromatic nitrogens is 2. The van der Waals surface area contributed by atoms with Crippen LogP contribution in [0.1, 0.15) is 5.69 Å². The first kappa shape index (κ1) is 13.9. The number of nitrogens with one attached hydrogen (secondary N) is 1. The van der Waals surface area contributed by atoms with Crippen LogP contribution in [-0.4, -0.2) is 18.6 Å². The molecule has 19 heavy (non-hydrogen) atoms. The Morgan fingerprint density at radius 3 is 2.74 bits per heavy atom. The van der Waals surface area contributed by atoms with E-state index in [1.54, 1.807) is 18.2 Å². The molecule has 0 aliphatic rings. The molecule has 6 nitrogen and oxygen atoms in total. The predicted octanol–water partition coefficient (Wildman–Crippen LogP) is 1.30. The highest BCUT2D eigenvalue weighted by Gasteiger charge is 2.15. The summed E-state index contributed by atoms with van der Waals surface area (Å²) >= 11 is 3.21. The van der Waals surface area contributed by atoms with Crippen LogP contribution >= 0.6 is 15.9 Å². The molecule has 2 rings (SSSR count). The zero-order valence-electron chi connectivity index (χ0n) is 9.75. The molecule has 0 bridgehead atoms. The number of anilines is 1. The lowest BCUT2D eigenvalue weighted by Gasteiger charge is -2.07. The van der Waals surface area contributed by atoms with E-state index >= 15 is 0 Å². The summed E-state index contributed by atoms with van der Waals surface area (Å²) in [4.78, 5) is 0.108. The van der Waals surface area contributed by atoms with Crippen LogP contribution in [0.5, 0.6) is 0 Å². The number of benzene rings is 1. The molecule has 0 unspecified atom stereocenters. The van der Waals surface area contributed by atoms with Crippen molar-refractivity contribution >= 4 is 31.6 Å². The Balaban J connectivity index is 2.16. The van der Waals surface area contributed by atoms with Crippen molar-refractivity contribution < 1.29 is 8.42 Å². The van der Waals surface area contributed by atoms with Gasteiger partial charge in [-0.3, -0.25) is 0 Å². The molecule has 0 atom stereocenters. The fourth-order valence-corrected chi connectivity index (χ4v) is 2.65. The van der Waals surface area contributed by atoms with E-state index in [4.69, 9.17) is 5.73 Å². The smallest absolute Gasteiger partial charge is 0.240 e. The first-order valence-electron chi connectivity index (χ1n) is 5.30. The van der Waals surface area contributed by atoms with Crippen molar-refractivity contribution in [3.8, 4) is 0 Å². The summed E-state index contributed by atoms with van der Waals surface area (Å²) in [5.74, 6) is 0. The van der Waals surface area contributed by atoms with Crippen molar-refractivity contribution in [2.75, 3.05) is 5.73 Å². The standard InChI is InChI=1S/C11H11BrN4O2S/c12-10-4-3-9(6-11(10)13)19(17,18)15-7-8-2-1-5-14-16-8/h1-6,15H,7,13H2. The number of nitrogen functional groups attached to an aromatic ring is 1. The van der Waals surface area contributed by atoms with Gasteiger partial charge in [0.15, 0.2) is 0 Å². The summed E-state index contributed by atoms with van der Waals surface area (Å²) in [5, 5.41) is 7.47. The first-order valence-corrected chi connectivity index (χ1v) is 7.58. The minimum Gasteiger partial charge on any atom is -0.398 e. The summed E-state index contributed by atoms with van der Waals surface area (Å²) in [6.45, 7) is 0.0755. The molecule has 0 saturated heterocycles. The van der Waals surface area contributed by atoms with Crippen LogP contribution in [0.3, 0.4) is 0 Å². The second-order valence-corrected chi connectivity index (χ2v) is 6.34. The maximum atomic E-state index is 12.0. The molecule has 0 fully saturated rings. The zero-order valence-corrected chi connectivity index (χ0v) is 12.1. The highest BCUT2D eigenvalue weighted by Crippen LogP contribution is 2.22. The summed E-state index contributed by atoms with van der Waals surface area (Å²) in [6.07, 6.45) is 1.52. The van der Waals surface area contributed by atoms with Crippen LogP contribution in [0.2, 0.25) is 0 Å². The van der Waals surface area contributed by atoms with E-state index in [2.05, 4.69) is 30.8 Å². The number of rotatable bonds is 4. The normalized spacial score (nSPS) is 11.4. The van der Waals surface area contributed by atoms with Gasteiger partial charge in [0.2, 0.25) is 10.0 Å². The Morgan fingerprint density at radius 2 is 2.11 bits per heavy atom. The SMILES string of the molecule is Nc1cc(S(=O)(=O)NCc2cccnn2)ccc1Br. The zero-order chi connectivity index (χ0) is 13.9. The number of halogens is 1. The van der Waals surface area contributed by atoms with Crippen molar-refractivity contribution in [3.05, 3.63) is 46.7 Å². The topological polar surface area (TPSA) is 98.0 Å². The van der Waals surface area contributed by atoms with Gasteiger partial charge in [-0.05, 0) is 46.3 Å². The van der Waals surface area contributed by atoms with Crippen molar-refractivity contribution in [1.29, 1.82) is 0 Å². The lowest BCUT2D eigenvalue weighted by Crippen LogP contribution is -2.24. The third-order valence-corrected chi connectivity index (χ3v) is 4.47. The lowest BCUT2D eigenvalue weighted by molar-refractivity contribution is 0.580. The van der Waals surface area contributed by atoms with Crippen molar-refractivity contribution in [2.24, 2.45) is 0 Å². The maximum absolute atomic E-state index is 12.0. The molecule has 0 aliphatic heterocycles. The van der Waals surface area contributed by atoms with Crippen LogP contribution in [0, 0.1) is 0 Å². The van der Waals surface area contributed by atoms with Crippen LogP contribution in [-0.2, 0) is 16.6 Å². The minimum absolute atomic E-state index is 0.0755. The Labute approximate surface area is 119 Å². The second-order valence-electron chi connectivity index (χ2n) is 3.72.